The highest BCUT2D eigenvalue weighted by Crippen LogP contribution is 2.42. The molecule has 1 aliphatic carbocycles. The summed E-state index contributed by atoms with van der Waals surface area (Å²) in [6.45, 7) is 2.22. The lowest BCUT2D eigenvalue weighted by Crippen LogP contribution is -2.27. The fourth-order valence-electron chi connectivity index (χ4n) is 3.57. The molecule has 2 aromatic rings. The Kier molecular flexibility index (Phi) is 6.87. The molecule has 0 saturated carbocycles. The van der Waals surface area contributed by atoms with E-state index in [2.05, 4.69) is 41.6 Å². The second kappa shape index (κ2) is 9.56. The molecule has 1 fully saturated rings. The minimum atomic E-state index is -1.26. The van der Waals surface area contributed by atoms with Gasteiger partial charge in [-0.05, 0) is 54.1 Å². The molecule has 0 unspecified atom stereocenters. The van der Waals surface area contributed by atoms with Gasteiger partial charge in [0.1, 0.15) is 5.76 Å². The molecule has 0 bridgehead atoms. The molecule has 3 N–H and O–H groups in total. The van der Waals surface area contributed by atoms with Gasteiger partial charge in [0.15, 0.2) is 0 Å². The van der Waals surface area contributed by atoms with Crippen LogP contribution in [0, 0.1) is 0 Å². The van der Waals surface area contributed by atoms with Crippen LogP contribution in [0.15, 0.2) is 53.4 Å². The third-order valence-electron chi connectivity index (χ3n) is 5.00. The molecular weight excluding hydrogens is 402 g/mol. The first-order chi connectivity index (χ1) is 14.4. The van der Waals surface area contributed by atoms with Crippen molar-refractivity contribution < 1.29 is 24.9 Å². The fourth-order valence-corrected chi connectivity index (χ4v) is 4.39. The minimum Gasteiger partial charge on any atom is -0.506 e. The SMILES string of the molecule is CN1CCC(=C2c3ccccc3C=C(O)c3sccc32)CC1.O=C(O)/C=C/C(=O)O. The summed E-state index contributed by atoms with van der Waals surface area (Å²) >= 11 is 1.62. The van der Waals surface area contributed by atoms with Crippen molar-refractivity contribution in [3.05, 3.63) is 75.0 Å². The van der Waals surface area contributed by atoms with E-state index in [1.54, 1.807) is 11.3 Å². The average molecular weight is 426 g/mol. The van der Waals surface area contributed by atoms with Gasteiger partial charge in [-0.2, -0.15) is 0 Å². The first-order valence-corrected chi connectivity index (χ1v) is 10.4. The Morgan fingerprint density at radius 3 is 2.27 bits per heavy atom. The van der Waals surface area contributed by atoms with Crippen molar-refractivity contribution in [1.82, 2.24) is 4.90 Å². The predicted molar refractivity (Wildman–Crippen MR) is 118 cm³/mol. The Labute approximate surface area is 178 Å². The van der Waals surface area contributed by atoms with E-state index in [0.29, 0.717) is 17.9 Å². The number of thiophene rings is 1. The van der Waals surface area contributed by atoms with Crippen LogP contribution in [0.1, 0.15) is 34.4 Å². The van der Waals surface area contributed by atoms with Crippen molar-refractivity contribution in [3.8, 4) is 0 Å². The number of aliphatic hydroxyl groups is 1. The van der Waals surface area contributed by atoms with Crippen LogP contribution >= 0.6 is 11.3 Å². The lowest BCUT2D eigenvalue weighted by atomic mass is 9.87. The Morgan fingerprint density at radius 2 is 1.63 bits per heavy atom. The van der Waals surface area contributed by atoms with E-state index >= 15 is 0 Å². The predicted octanol–water partition coefficient (Wildman–Crippen LogP) is 4.36. The summed E-state index contributed by atoms with van der Waals surface area (Å²) in [6, 6.07) is 10.6. The molecule has 156 valence electrons. The molecule has 0 amide bonds. The molecule has 1 aromatic heterocycles. The van der Waals surface area contributed by atoms with Gasteiger partial charge in [-0.15, -0.1) is 11.3 Å². The van der Waals surface area contributed by atoms with E-state index < -0.39 is 11.9 Å². The van der Waals surface area contributed by atoms with Crippen molar-refractivity contribution in [1.29, 1.82) is 0 Å². The maximum Gasteiger partial charge on any atom is 0.328 e. The molecule has 7 heteroatoms. The lowest BCUT2D eigenvalue weighted by molar-refractivity contribution is -0.134. The zero-order chi connectivity index (χ0) is 21.7. The number of piperidine rings is 1. The smallest absolute Gasteiger partial charge is 0.328 e. The van der Waals surface area contributed by atoms with Crippen molar-refractivity contribution in [3.63, 3.8) is 0 Å². The molecular formula is C23H23NO5S. The molecule has 1 aromatic carbocycles. The molecule has 4 rings (SSSR count). The summed E-state index contributed by atoms with van der Waals surface area (Å²) < 4.78 is 0. The number of rotatable bonds is 2. The molecule has 1 aliphatic heterocycles. The second-order valence-corrected chi connectivity index (χ2v) is 7.99. The third-order valence-corrected chi connectivity index (χ3v) is 5.94. The number of carboxylic acid groups (broad SMARTS) is 2. The number of fused-ring (bicyclic) bond motifs is 2. The summed E-state index contributed by atoms with van der Waals surface area (Å²) in [5.41, 5.74) is 6.44. The standard InChI is InChI=1S/C19H19NOS.C4H4O4/c1-20-9-6-13(7-10-20)18-15-5-3-2-4-14(15)12-17(21)19-16(18)8-11-22-19;5-3(6)1-2-4(7)8/h2-5,8,11-12,21H,6-7,9-10H2,1H3;1-2H,(H,5,6)(H,7,8)/b;2-1+. The van der Waals surface area contributed by atoms with Crippen LogP contribution in [0.3, 0.4) is 0 Å². The van der Waals surface area contributed by atoms with Crippen LogP contribution in [0.4, 0.5) is 0 Å². The topological polar surface area (TPSA) is 98.1 Å². The van der Waals surface area contributed by atoms with Gasteiger partial charge in [0.25, 0.3) is 0 Å². The Bertz CT molecular complexity index is 1020. The van der Waals surface area contributed by atoms with Crippen molar-refractivity contribution in [2.45, 2.75) is 12.8 Å². The molecule has 0 spiro atoms. The van der Waals surface area contributed by atoms with Gasteiger partial charge in [-0.3, -0.25) is 0 Å². The normalized spacial score (nSPS) is 16.1. The number of likely N-dealkylation sites (tertiary alicyclic amines) is 1. The highest BCUT2D eigenvalue weighted by atomic mass is 32.1. The summed E-state index contributed by atoms with van der Waals surface area (Å²) in [4.78, 5) is 22.5. The van der Waals surface area contributed by atoms with Gasteiger partial charge in [0, 0.05) is 30.8 Å². The van der Waals surface area contributed by atoms with Gasteiger partial charge in [-0.1, -0.05) is 29.8 Å². The van der Waals surface area contributed by atoms with E-state index in [-0.39, 0.29) is 0 Å². The maximum absolute atomic E-state index is 10.5. The molecule has 1 saturated heterocycles. The number of nitrogens with zero attached hydrogens (tertiary/aromatic N) is 1. The van der Waals surface area contributed by atoms with Crippen LogP contribution in [-0.4, -0.2) is 52.3 Å². The maximum atomic E-state index is 10.5. The number of aliphatic carboxylic acids is 2. The fraction of sp³-hybridized carbons (Fsp3) is 0.217. The first-order valence-electron chi connectivity index (χ1n) is 9.49. The molecule has 0 atom stereocenters. The zero-order valence-electron chi connectivity index (χ0n) is 16.5. The number of carbonyl (C=O) groups is 2. The second-order valence-electron chi connectivity index (χ2n) is 7.07. The van der Waals surface area contributed by atoms with Gasteiger partial charge < -0.3 is 20.2 Å². The Balaban J connectivity index is 0.000000275. The van der Waals surface area contributed by atoms with Gasteiger partial charge in [0.2, 0.25) is 0 Å². The van der Waals surface area contributed by atoms with Crippen molar-refractivity contribution in [2.75, 3.05) is 20.1 Å². The molecule has 0 radical (unpaired) electrons. The highest BCUT2D eigenvalue weighted by molar-refractivity contribution is 7.11. The van der Waals surface area contributed by atoms with E-state index in [9.17, 15) is 14.7 Å². The molecule has 2 aliphatic rings. The van der Waals surface area contributed by atoms with E-state index in [1.165, 1.54) is 22.3 Å². The molecule has 6 nitrogen and oxygen atoms in total. The van der Waals surface area contributed by atoms with E-state index in [4.69, 9.17) is 10.2 Å². The monoisotopic (exact) mass is 425 g/mol. The van der Waals surface area contributed by atoms with Crippen LogP contribution in [0.5, 0.6) is 0 Å². The van der Waals surface area contributed by atoms with Crippen LogP contribution in [-0.2, 0) is 9.59 Å². The first kappa shape index (κ1) is 21.5. The summed E-state index contributed by atoms with van der Waals surface area (Å²) in [7, 11) is 2.19. The van der Waals surface area contributed by atoms with Gasteiger partial charge in [0.05, 0.1) is 4.88 Å². The van der Waals surface area contributed by atoms with Gasteiger partial charge in [-0.25, -0.2) is 9.59 Å². The Morgan fingerprint density at radius 1 is 1.00 bits per heavy atom. The average Bonchev–Trinajstić information content (AvgIpc) is 3.15. The number of aliphatic hydroxyl groups excluding tert-OH is 1. The highest BCUT2D eigenvalue weighted by Gasteiger charge is 2.24. The van der Waals surface area contributed by atoms with E-state index in [0.717, 1.165) is 36.4 Å². The minimum absolute atomic E-state index is 0.390. The Hall–Kier alpha value is -3.16. The van der Waals surface area contributed by atoms with Crippen molar-refractivity contribution >= 4 is 40.7 Å². The number of hydrogen-bond acceptors (Lipinski definition) is 5. The zero-order valence-corrected chi connectivity index (χ0v) is 17.4. The van der Waals surface area contributed by atoms with Gasteiger partial charge >= 0.3 is 11.9 Å². The summed E-state index contributed by atoms with van der Waals surface area (Å²) in [5.74, 6) is -2.12. The summed E-state index contributed by atoms with van der Waals surface area (Å²) in [6.07, 6.45) is 5.24. The third kappa shape index (κ3) is 5.06. The lowest BCUT2D eigenvalue weighted by Gasteiger charge is -2.27. The largest absolute Gasteiger partial charge is 0.506 e. The van der Waals surface area contributed by atoms with Crippen molar-refractivity contribution in [2.24, 2.45) is 0 Å². The summed E-state index contributed by atoms with van der Waals surface area (Å²) in [5, 5.41) is 28.2. The van der Waals surface area contributed by atoms with E-state index in [1.807, 2.05) is 12.1 Å². The van der Waals surface area contributed by atoms with Crippen LogP contribution in [0.25, 0.3) is 17.4 Å². The number of carboxylic acids is 2. The van der Waals surface area contributed by atoms with Crippen LogP contribution < -0.4 is 0 Å². The number of benzene rings is 1. The molecule has 2 heterocycles. The number of hydrogen-bond donors (Lipinski definition) is 3. The molecule has 30 heavy (non-hydrogen) atoms. The quantitative estimate of drug-likeness (QED) is 0.619. The van der Waals surface area contributed by atoms with Crippen LogP contribution in [0.2, 0.25) is 0 Å².